The number of unbranched alkanes of at least 4 members (excludes halogenated alkanes) is 1. The van der Waals surface area contributed by atoms with Crippen molar-refractivity contribution in [2.45, 2.75) is 58.9 Å². The fraction of sp³-hybridized carbons (Fsp3) is 0.323. The van der Waals surface area contributed by atoms with Gasteiger partial charge in [-0.2, -0.15) is 13.2 Å². The van der Waals surface area contributed by atoms with E-state index in [0.29, 0.717) is 18.7 Å². The van der Waals surface area contributed by atoms with Gasteiger partial charge in [0.1, 0.15) is 5.82 Å². The predicted octanol–water partition coefficient (Wildman–Crippen LogP) is 8.45. The maximum atomic E-state index is 13.8. The third-order valence-electron chi connectivity index (χ3n) is 6.52. The number of hydrogen-bond acceptors (Lipinski definition) is 2. The zero-order chi connectivity index (χ0) is 26.3. The maximum Gasteiger partial charge on any atom is 0.416 e. The van der Waals surface area contributed by atoms with Gasteiger partial charge in [0.15, 0.2) is 0 Å². The highest BCUT2D eigenvalue weighted by Gasteiger charge is 2.33. The Kier molecular flexibility index (Phi) is 8.82. The zero-order valence-corrected chi connectivity index (χ0v) is 21.5. The first-order valence-corrected chi connectivity index (χ1v) is 13.0. The SMILES string of the molecule is CCCCn1c(-c2ccccc2)nc(-c2ccccc2)c1CN(CCC)Cc1ccccc1C(F)(F)F. The van der Waals surface area contributed by atoms with Crippen LogP contribution in [-0.2, 0) is 25.8 Å². The van der Waals surface area contributed by atoms with Crippen molar-refractivity contribution in [3.05, 3.63) is 102 Å². The highest BCUT2D eigenvalue weighted by atomic mass is 19.4. The molecule has 1 heterocycles. The Balaban J connectivity index is 1.81. The average molecular weight is 506 g/mol. The van der Waals surface area contributed by atoms with Crippen molar-refractivity contribution >= 4 is 0 Å². The molecule has 0 aliphatic heterocycles. The molecule has 6 heteroatoms. The van der Waals surface area contributed by atoms with Crippen molar-refractivity contribution in [3.8, 4) is 22.6 Å². The van der Waals surface area contributed by atoms with E-state index in [2.05, 4.69) is 35.4 Å². The first kappa shape index (κ1) is 26.7. The molecule has 1 aromatic heterocycles. The number of halogens is 3. The van der Waals surface area contributed by atoms with Crippen molar-refractivity contribution in [1.29, 1.82) is 0 Å². The molecule has 0 fully saturated rings. The van der Waals surface area contributed by atoms with Crippen molar-refractivity contribution in [2.75, 3.05) is 6.54 Å². The van der Waals surface area contributed by atoms with Gasteiger partial charge in [0.05, 0.1) is 17.0 Å². The van der Waals surface area contributed by atoms with Crippen LogP contribution in [-0.4, -0.2) is 21.0 Å². The van der Waals surface area contributed by atoms with E-state index in [0.717, 1.165) is 54.1 Å². The Morgan fingerprint density at radius 3 is 2.00 bits per heavy atom. The van der Waals surface area contributed by atoms with Gasteiger partial charge in [-0.05, 0) is 31.0 Å². The van der Waals surface area contributed by atoms with E-state index in [4.69, 9.17) is 4.98 Å². The molecule has 4 rings (SSSR count). The summed E-state index contributed by atoms with van der Waals surface area (Å²) in [5.41, 5.74) is 3.71. The first-order chi connectivity index (χ1) is 17.9. The van der Waals surface area contributed by atoms with Gasteiger partial charge in [-0.3, -0.25) is 4.90 Å². The lowest BCUT2D eigenvalue weighted by Gasteiger charge is -2.25. The van der Waals surface area contributed by atoms with Crippen LogP contribution in [0.4, 0.5) is 13.2 Å². The van der Waals surface area contributed by atoms with Gasteiger partial charge < -0.3 is 4.57 Å². The molecule has 0 spiro atoms. The van der Waals surface area contributed by atoms with Crippen LogP contribution < -0.4 is 0 Å². The topological polar surface area (TPSA) is 21.1 Å². The molecule has 0 radical (unpaired) electrons. The Morgan fingerprint density at radius 1 is 0.757 bits per heavy atom. The van der Waals surface area contributed by atoms with E-state index in [1.54, 1.807) is 12.1 Å². The van der Waals surface area contributed by atoms with Gasteiger partial charge in [-0.1, -0.05) is 99.1 Å². The predicted molar refractivity (Wildman–Crippen MR) is 144 cm³/mol. The van der Waals surface area contributed by atoms with E-state index < -0.39 is 11.7 Å². The number of hydrogen-bond donors (Lipinski definition) is 0. The molecule has 0 aliphatic carbocycles. The van der Waals surface area contributed by atoms with E-state index in [-0.39, 0.29) is 6.54 Å². The molecule has 4 aromatic rings. The lowest BCUT2D eigenvalue weighted by molar-refractivity contribution is -0.138. The average Bonchev–Trinajstić information content (AvgIpc) is 3.26. The highest BCUT2D eigenvalue weighted by Crippen LogP contribution is 2.34. The summed E-state index contributed by atoms with van der Waals surface area (Å²) >= 11 is 0. The van der Waals surface area contributed by atoms with Crippen molar-refractivity contribution in [2.24, 2.45) is 0 Å². The molecule has 0 unspecified atom stereocenters. The molecule has 194 valence electrons. The van der Waals surface area contributed by atoms with Crippen LogP contribution in [0, 0.1) is 0 Å². The standard InChI is InChI=1S/C31H34F3N3/c1-3-5-21-37-28(23-36(20-4-2)22-26-18-12-13-19-27(26)31(32,33)34)29(24-14-8-6-9-15-24)35-30(37)25-16-10-7-11-17-25/h6-19H,3-5,20-23H2,1-2H3. The van der Waals surface area contributed by atoms with E-state index in [1.807, 2.05) is 48.5 Å². The van der Waals surface area contributed by atoms with E-state index in [1.165, 1.54) is 12.1 Å². The van der Waals surface area contributed by atoms with Gasteiger partial charge in [-0.15, -0.1) is 0 Å². The Hall–Kier alpha value is -3.38. The van der Waals surface area contributed by atoms with Crippen LogP contribution in [0.5, 0.6) is 0 Å². The molecule has 0 bridgehead atoms. The summed E-state index contributed by atoms with van der Waals surface area (Å²) in [6.45, 7) is 6.43. The minimum absolute atomic E-state index is 0.220. The number of nitrogens with zero attached hydrogens (tertiary/aromatic N) is 3. The number of rotatable bonds is 11. The summed E-state index contributed by atoms with van der Waals surface area (Å²) in [6, 6.07) is 26.1. The first-order valence-electron chi connectivity index (χ1n) is 13.0. The fourth-order valence-electron chi connectivity index (χ4n) is 4.76. The fourth-order valence-corrected chi connectivity index (χ4v) is 4.76. The van der Waals surface area contributed by atoms with Crippen molar-refractivity contribution < 1.29 is 13.2 Å². The molecule has 0 amide bonds. The smallest absolute Gasteiger partial charge is 0.326 e. The van der Waals surface area contributed by atoms with Gasteiger partial charge in [-0.25, -0.2) is 4.98 Å². The van der Waals surface area contributed by atoms with Crippen LogP contribution in [0.25, 0.3) is 22.6 Å². The monoisotopic (exact) mass is 505 g/mol. The van der Waals surface area contributed by atoms with Crippen LogP contribution in [0.3, 0.4) is 0 Å². The summed E-state index contributed by atoms with van der Waals surface area (Å²) < 4.78 is 43.6. The van der Waals surface area contributed by atoms with E-state index in [9.17, 15) is 13.2 Å². The number of benzene rings is 3. The van der Waals surface area contributed by atoms with E-state index >= 15 is 0 Å². The zero-order valence-electron chi connectivity index (χ0n) is 21.5. The third-order valence-corrected chi connectivity index (χ3v) is 6.52. The molecule has 3 nitrogen and oxygen atoms in total. The third kappa shape index (κ3) is 6.50. The molecule has 0 N–H and O–H groups in total. The minimum Gasteiger partial charge on any atom is -0.326 e. The summed E-state index contributed by atoms with van der Waals surface area (Å²) in [5, 5.41) is 0. The summed E-state index contributed by atoms with van der Waals surface area (Å²) in [4.78, 5) is 7.25. The Morgan fingerprint density at radius 2 is 1.38 bits per heavy atom. The Labute approximate surface area is 217 Å². The number of aromatic nitrogens is 2. The van der Waals surface area contributed by atoms with Crippen LogP contribution in [0.15, 0.2) is 84.9 Å². The van der Waals surface area contributed by atoms with Gasteiger partial charge >= 0.3 is 6.18 Å². The van der Waals surface area contributed by atoms with Gasteiger partial charge in [0.2, 0.25) is 0 Å². The van der Waals surface area contributed by atoms with Crippen molar-refractivity contribution in [3.63, 3.8) is 0 Å². The molecule has 0 saturated carbocycles. The molecular formula is C31H34F3N3. The van der Waals surface area contributed by atoms with Crippen molar-refractivity contribution in [1.82, 2.24) is 14.5 Å². The lowest BCUT2D eigenvalue weighted by atomic mass is 10.1. The molecule has 0 saturated heterocycles. The van der Waals surface area contributed by atoms with Gasteiger partial charge in [0.25, 0.3) is 0 Å². The molecule has 0 atom stereocenters. The van der Waals surface area contributed by atoms with Crippen LogP contribution in [0.2, 0.25) is 0 Å². The van der Waals surface area contributed by atoms with Crippen LogP contribution in [0.1, 0.15) is 49.9 Å². The second-order valence-corrected chi connectivity index (χ2v) is 9.33. The molecule has 37 heavy (non-hydrogen) atoms. The quantitative estimate of drug-likeness (QED) is 0.204. The Bertz CT molecular complexity index is 1260. The second kappa shape index (κ2) is 12.2. The van der Waals surface area contributed by atoms with Gasteiger partial charge in [0, 0.05) is 30.8 Å². The molecule has 3 aromatic carbocycles. The number of alkyl halides is 3. The normalized spacial score (nSPS) is 11.8. The van der Waals surface area contributed by atoms with Crippen LogP contribution >= 0.6 is 0 Å². The molecular weight excluding hydrogens is 471 g/mol. The highest BCUT2D eigenvalue weighted by molar-refractivity contribution is 5.68. The summed E-state index contributed by atoms with van der Waals surface area (Å²) in [6.07, 6.45) is -1.52. The summed E-state index contributed by atoms with van der Waals surface area (Å²) in [7, 11) is 0. The minimum atomic E-state index is -4.38. The largest absolute Gasteiger partial charge is 0.416 e. The maximum absolute atomic E-state index is 13.8. The summed E-state index contributed by atoms with van der Waals surface area (Å²) in [5.74, 6) is 0.898. The lowest BCUT2D eigenvalue weighted by Crippen LogP contribution is -2.27. The number of imidazole rings is 1. The molecule has 0 aliphatic rings. The second-order valence-electron chi connectivity index (χ2n) is 9.33.